The zero-order valence-corrected chi connectivity index (χ0v) is 16.1. The van der Waals surface area contributed by atoms with Gasteiger partial charge < -0.3 is 24.1 Å². The van der Waals surface area contributed by atoms with E-state index in [0.29, 0.717) is 36.8 Å². The molecular formula is C20H27N3O4. The third-order valence-corrected chi connectivity index (χ3v) is 4.88. The van der Waals surface area contributed by atoms with E-state index in [0.717, 1.165) is 13.1 Å². The van der Waals surface area contributed by atoms with Crippen LogP contribution in [0.15, 0.2) is 36.5 Å². The first kappa shape index (κ1) is 19.3. The second-order valence-corrected chi connectivity index (χ2v) is 6.52. The highest BCUT2D eigenvalue weighted by Crippen LogP contribution is 2.24. The van der Waals surface area contributed by atoms with Crippen LogP contribution in [0.2, 0.25) is 0 Å². The Hall–Kier alpha value is -2.51. The topological polar surface area (TPSA) is 65.0 Å². The van der Waals surface area contributed by atoms with Crippen LogP contribution < -0.4 is 14.8 Å². The van der Waals surface area contributed by atoms with Gasteiger partial charge in [-0.3, -0.25) is 9.69 Å². The van der Waals surface area contributed by atoms with Crippen molar-refractivity contribution >= 4 is 5.91 Å². The third kappa shape index (κ3) is 4.61. The maximum atomic E-state index is 12.8. The van der Waals surface area contributed by atoms with Crippen LogP contribution in [-0.2, 0) is 11.8 Å². The van der Waals surface area contributed by atoms with Gasteiger partial charge in [-0.1, -0.05) is 0 Å². The molecule has 1 atom stereocenters. The number of aryl methyl sites for hydroxylation is 1. The van der Waals surface area contributed by atoms with Crippen LogP contribution >= 0.6 is 0 Å². The molecule has 0 saturated carbocycles. The lowest BCUT2D eigenvalue weighted by Gasteiger charge is -2.35. The van der Waals surface area contributed by atoms with Crippen LogP contribution in [0, 0.1) is 0 Å². The largest absolute Gasteiger partial charge is 0.497 e. The summed E-state index contributed by atoms with van der Waals surface area (Å²) in [6.07, 6.45) is 2.03. The summed E-state index contributed by atoms with van der Waals surface area (Å²) in [6, 6.07) is 9.38. The van der Waals surface area contributed by atoms with Crippen LogP contribution in [0.25, 0.3) is 0 Å². The fourth-order valence-electron chi connectivity index (χ4n) is 3.36. The van der Waals surface area contributed by atoms with Crippen molar-refractivity contribution < 1.29 is 19.0 Å². The summed E-state index contributed by atoms with van der Waals surface area (Å²) in [5, 5.41) is 3.07. The highest BCUT2D eigenvalue weighted by atomic mass is 16.5. The first-order chi connectivity index (χ1) is 13.1. The van der Waals surface area contributed by atoms with E-state index in [9.17, 15) is 4.79 Å². The van der Waals surface area contributed by atoms with Crippen molar-refractivity contribution in [2.75, 3.05) is 47.1 Å². The molecule has 1 aliphatic rings. The molecule has 1 saturated heterocycles. The van der Waals surface area contributed by atoms with Crippen molar-refractivity contribution in [3.05, 3.63) is 47.8 Å². The molecule has 27 heavy (non-hydrogen) atoms. The van der Waals surface area contributed by atoms with Crippen molar-refractivity contribution in [1.82, 2.24) is 14.8 Å². The molecule has 2 heterocycles. The Morgan fingerprint density at radius 1 is 1.19 bits per heavy atom. The Morgan fingerprint density at radius 2 is 1.85 bits per heavy atom. The van der Waals surface area contributed by atoms with E-state index in [4.69, 9.17) is 14.2 Å². The monoisotopic (exact) mass is 373 g/mol. The Balaban J connectivity index is 1.75. The molecule has 7 heteroatoms. The molecule has 0 aliphatic carbocycles. The number of carbonyl (C=O) groups is 1. The van der Waals surface area contributed by atoms with E-state index in [-0.39, 0.29) is 11.9 Å². The molecule has 1 unspecified atom stereocenters. The number of rotatable bonds is 7. The number of aromatic nitrogens is 1. The minimum absolute atomic E-state index is 0.0883. The first-order valence-electron chi connectivity index (χ1n) is 9.06. The van der Waals surface area contributed by atoms with Gasteiger partial charge in [0.1, 0.15) is 11.5 Å². The fourth-order valence-corrected chi connectivity index (χ4v) is 3.36. The standard InChI is InChI=1S/C20H27N3O4/c1-22-6-4-5-18(22)19(23-7-9-27-10-8-23)14-21-20(24)15-11-16(25-2)13-17(12-15)26-3/h4-6,11-13,19H,7-10,14H2,1-3H3,(H,21,24). The van der Waals surface area contributed by atoms with Crippen molar-refractivity contribution in [3.63, 3.8) is 0 Å². The quantitative estimate of drug-likeness (QED) is 0.802. The Labute approximate surface area is 159 Å². The predicted molar refractivity (Wildman–Crippen MR) is 102 cm³/mol. The molecule has 3 rings (SSSR count). The number of ether oxygens (including phenoxy) is 3. The minimum atomic E-state index is -0.153. The average molecular weight is 373 g/mol. The fraction of sp³-hybridized carbons (Fsp3) is 0.450. The number of benzene rings is 1. The number of hydrogen-bond acceptors (Lipinski definition) is 5. The van der Waals surface area contributed by atoms with E-state index in [1.807, 2.05) is 19.3 Å². The van der Waals surface area contributed by atoms with Crippen molar-refractivity contribution in [1.29, 1.82) is 0 Å². The molecule has 1 aliphatic heterocycles. The van der Waals surface area contributed by atoms with Gasteiger partial charge >= 0.3 is 0 Å². The molecule has 0 spiro atoms. The number of morpholine rings is 1. The summed E-state index contributed by atoms with van der Waals surface area (Å²) in [5.41, 5.74) is 1.68. The van der Waals surface area contributed by atoms with Gasteiger partial charge in [-0.2, -0.15) is 0 Å². The number of nitrogens with one attached hydrogen (secondary N) is 1. The van der Waals surface area contributed by atoms with Gasteiger partial charge in [-0.05, 0) is 24.3 Å². The average Bonchev–Trinajstić information content (AvgIpc) is 3.14. The SMILES string of the molecule is COc1cc(OC)cc(C(=O)NCC(c2cccn2C)N2CCOCC2)c1. The first-order valence-corrected chi connectivity index (χ1v) is 9.06. The van der Waals surface area contributed by atoms with Gasteiger partial charge in [0.05, 0.1) is 33.5 Å². The van der Waals surface area contributed by atoms with Gasteiger partial charge in [0.2, 0.25) is 0 Å². The summed E-state index contributed by atoms with van der Waals surface area (Å²) in [6.45, 7) is 3.62. The van der Waals surface area contributed by atoms with Crippen LogP contribution in [0.1, 0.15) is 22.1 Å². The minimum Gasteiger partial charge on any atom is -0.497 e. The lowest BCUT2D eigenvalue weighted by Crippen LogP contribution is -2.44. The summed E-state index contributed by atoms with van der Waals surface area (Å²) < 4.78 is 18.1. The summed E-state index contributed by atoms with van der Waals surface area (Å²) >= 11 is 0. The molecule has 2 aromatic rings. The van der Waals surface area contributed by atoms with E-state index in [1.54, 1.807) is 32.4 Å². The Bertz CT molecular complexity index is 746. The second kappa shape index (κ2) is 8.92. The number of methoxy groups -OCH3 is 2. The summed E-state index contributed by atoms with van der Waals surface area (Å²) in [4.78, 5) is 15.1. The number of nitrogens with zero attached hydrogens (tertiary/aromatic N) is 2. The van der Waals surface area contributed by atoms with Crippen molar-refractivity contribution in [2.45, 2.75) is 6.04 Å². The number of amides is 1. The molecule has 1 aromatic heterocycles. The van der Waals surface area contributed by atoms with Crippen LogP contribution in [0.5, 0.6) is 11.5 Å². The van der Waals surface area contributed by atoms with E-state index < -0.39 is 0 Å². The van der Waals surface area contributed by atoms with Gasteiger partial charge in [0.15, 0.2) is 0 Å². The number of carbonyl (C=O) groups excluding carboxylic acids is 1. The lowest BCUT2D eigenvalue weighted by atomic mass is 10.1. The molecule has 0 bridgehead atoms. The van der Waals surface area contributed by atoms with Gasteiger partial charge in [0.25, 0.3) is 5.91 Å². The van der Waals surface area contributed by atoms with Crippen molar-refractivity contribution in [2.24, 2.45) is 7.05 Å². The van der Waals surface area contributed by atoms with Gasteiger partial charge in [0, 0.05) is 50.2 Å². The maximum Gasteiger partial charge on any atom is 0.251 e. The molecular weight excluding hydrogens is 346 g/mol. The zero-order valence-electron chi connectivity index (χ0n) is 16.1. The van der Waals surface area contributed by atoms with Gasteiger partial charge in [-0.25, -0.2) is 0 Å². The normalized spacial score (nSPS) is 16.0. The molecule has 1 amide bonds. The number of hydrogen-bond donors (Lipinski definition) is 1. The molecule has 1 aromatic carbocycles. The zero-order chi connectivity index (χ0) is 19.2. The van der Waals surface area contributed by atoms with Crippen LogP contribution in [0.4, 0.5) is 0 Å². The summed E-state index contributed by atoms with van der Waals surface area (Å²) in [7, 11) is 5.16. The molecule has 7 nitrogen and oxygen atoms in total. The highest BCUT2D eigenvalue weighted by Gasteiger charge is 2.25. The molecule has 0 radical (unpaired) electrons. The Kier molecular flexibility index (Phi) is 6.36. The highest BCUT2D eigenvalue weighted by molar-refractivity contribution is 5.95. The predicted octanol–water partition coefficient (Wildman–Crippen LogP) is 1.85. The third-order valence-electron chi connectivity index (χ3n) is 4.88. The molecule has 1 N–H and O–H groups in total. The van der Waals surface area contributed by atoms with E-state index in [2.05, 4.69) is 20.9 Å². The van der Waals surface area contributed by atoms with Crippen molar-refractivity contribution in [3.8, 4) is 11.5 Å². The van der Waals surface area contributed by atoms with Crippen LogP contribution in [0.3, 0.4) is 0 Å². The Morgan fingerprint density at radius 3 is 2.41 bits per heavy atom. The molecule has 146 valence electrons. The molecule has 1 fully saturated rings. The van der Waals surface area contributed by atoms with Crippen LogP contribution in [-0.4, -0.2) is 62.4 Å². The summed E-state index contributed by atoms with van der Waals surface area (Å²) in [5.74, 6) is 1.03. The van der Waals surface area contributed by atoms with E-state index >= 15 is 0 Å². The smallest absolute Gasteiger partial charge is 0.251 e. The van der Waals surface area contributed by atoms with E-state index in [1.165, 1.54) is 5.69 Å². The lowest BCUT2D eigenvalue weighted by molar-refractivity contribution is 0.0148. The second-order valence-electron chi connectivity index (χ2n) is 6.52. The van der Waals surface area contributed by atoms with Gasteiger partial charge in [-0.15, -0.1) is 0 Å². The maximum absolute atomic E-state index is 12.8.